The van der Waals surface area contributed by atoms with Gasteiger partial charge in [0.15, 0.2) is 5.75 Å². The lowest BCUT2D eigenvalue weighted by atomic mass is 10.1. The quantitative estimate of drug-likeness (QED) is 0.824. The van der Waals surface area contributed by atoms with E-state index in [-0.39, 0.29) is 11.8 Å². The maximum atomic E-state index is 12.5. The first-order valence-electron chi connectivity index (χ1n) is 8.83. The average molecular weight is 368 g/mol. The summed E-state index contributed by atoms with van der Waals surface area (Å²) in [5, 5.41) is 6.33. The van der Waals surface area contributed by atoms with Gasteiger partial charge in [-0.1, -0.05) is 25.0 Å². The zero-order valence-corrected chi connectivity index (χ0v) is 15.1. The summed E-state index contributed by atoms with van der Waals surface area (Å²) in [6, 6.07) is 12.4. The van der Waals surface area contributed by atoms with Crippen molar-refractivity contribution in [2.24, 2.45) is 0 Å². The molecular weight excluding hydrogens is 348 g/mol. The Kier molecular flexibility index (Phi) is 4.84. The van der Waals surface area contributed by atoms with Crippen LogP contribution in [0.3, 0.4) is 0 Å². The second kappa shape index (κ2) is 7.41. The van der Waals surface area contributed by atoms with Gasteiger partial charge in [0.2, 0.25) is 5.91 Å². The van der Waals surface area contributed by atoms with Crippen LogP contribution < -0.4 is 15.4 Å². The highest BCUT2D eigenvalue weighted by atomic mass is 32.2. The molecule has 0 spiro atoms. The van der Waals surface area contributed by atoms with Gasteiger partial charge in [-0.25, -0.2) is 0 Å². The third kappa shape index (κ3) is 3.70. The normalized spacial score (nSPS) is 16.1. The van der Waals surface area contributed by atoms with Crippen LogP contribution in [-0.2, 0) is 4.79 Å². The van der Waals surface area contributed by atoms with Gasteiger partial charge in [-0.2, -0.15) is 0 Å². The lowest BCUT2D eigenvalue weighted by Crippen LogP contribution is -2.17. The molecule has 0 radical (unpaired) electrons. The fraction of sp³-hybridized carbons (Fsp3) is 0.300. The van der Waals surface area contributed by atoms with Crippen LogP contribution in [0.1, 0.15) is 36.0 Å². The van der Waals surface area contributed by atoms with Crippen LogP contribution in [-0.4, -0.2) is 22.8 Å². The van der Waals surface area contributed by atoms with E-state index in [1.807, 2.05) is 12.1 Å². The summed E-state index contributed by atoms with van der Waals surface area (Å²) in [7, 11) is 0. The van der Waals surface area contributed by atoms with Gasteiger partial charge in [-0.05, 0) is 43.2 Å². The SMILES string of the molecule is O=C(CSC1CCCC1)Nc1ccc2c(c1)C(=O)Nc1ccccc1O2. The Morgan fingerprint density at radius 2 is 1.96 bits per heavy atom. The van der Waals surface area contributed by atoms with Gasteiger partial charge in [0, 0.05) is 10.9 Å². The van der Waals surface area contributed by atoms with Gasteiger partial charge < -0.3 is 15.4 Å². The summed E-state index contributed by atoms with van der Waals surface area (Å²) in [5.41, 5.74) is 1.64. The molecule has 1 aliphatic heterocycles. The number of nitrogens with one attached hydrogen (secondary N) is 2. The Balaban J connectivity index is 1.46. The number of carbonyl (C=O) groups is 2. The summed E-state index contributed by atoms with van der Waals surface area (Å²) in [6.45, 7) is 0. The maximum Gasteiger partial charge on any atom is 0.259 e. The van der Waals surface area contributed by atoms with E-state index in [9.17, 15) is 9.59 Å². The number of fused-ring (bicyclic) bond motifs is 2. The molecule has 2 aromatic carbocycles. The highest BCUT2D eigenvalue weighted by Crippen LogP contribution is 2.36. The van der Waals surface area contributed by atoms with Crippen molar-refractivity contribution in [1.29, 1.82) is 0 Å². The second-order valence-corrected chi connectivity index (χ2v) is 7.82. The maximum absolute atomic E-state index is 12.5. The molecule has 0 bridgehead atoms. The molecule has 26 heavy (non-hydrogen) atoms. The Labute approximate surface area is 156 Å². The van der Waals surface area contributed by atoms with Crippen LogP contribution >= 0.6 is 11.8 Å². The van der Waals surface area contributed by atoms with Crippen molar-refractivity contribution in [2.75, 3.05) is 16.4 Å². The zero-order valence-electron chi connectivity index (χ0n) is 14.3. The Bertz CT molecular complexity index is 847. The molecule has 2 aromatic rings. The molecule has 2 amide bonds. The molecule has 1 heterocycles. The molecule has 0 unspecified atom stereocenters. The van der Waals surface area contributed by atoms with Crippen LogP contribution in [0, 0.1) is 0 Å². The van der Waals surface area contributed by atoms with E-state index in [1.54, 1.807) is 42.1 Å². The van der Waals surface area contributed by atoms with Crippen molar-refractivity contribution in [3.63, 3.8) is 0 Å². The second-order valence-electron chi connectivity index (χ2n) is 6.53. The van der Waals surface area contributed by atoms with Gasteiger partial charge in [0.1, 0.15) is 5.75 Å². The van der Waals surface area contributed by atoms with Crippen molar-refractivity contribution in [3.05, 3.63) is 48.0 Å². The molecule has 1 saturated carbocycles. The van der Waals surface area contributed by atoms with Gasteiger partial charge in [-0.3, -0.25) is 9.59 Å². The minimum Gasteiger partial charge on any atom is -0.454 e. The third-order valence-corrected chi connectivity index (χ3v) is 5.99. The number of carbonyl (C=O) groups excluding carboxylic acids is 2. The largest absolute Gasteiger partial charge is 0.454 e. The number of hydrogen-bond acceptors (Lipinski definition) is 4. The van der Waals surface area contributed by atoms with Crippen LogP contribution in [0.4, 0.5) is 11.4 Å². The highest BCUT2D eigenvalue weighted by molar-refractivity contribution is 8.00. The van der Waals surface area contributed by atoms with Crippen molar-refractivity contribution >= 4 is 35.0 Å². The first-order valence-corrected chi connectivity index (χ1v) is 9.88. The lowest BCUT2D eigenvalue weighted by molar-refractivity contribution is -0.113. The van der Waals surface area contributed by atoms with Crippen molar-refractivity contribution in [3.8, 4) is 11.5 Å². The Morgan fingerprint density at radius 3 is 2.81 bits per heavy atom. The molecule has 0 saturated heterocycles. The van der Waals surface area contributed by atoms with E-state index >= 15 is 0 Å². The van der Waals surface area contributed by atoms with Crippen LogP contribution in [0.15, 0.2) is 42.5 Å². The Morgan fingerprint density at radius 1 is 1.15 bits per heavy atom. The Hall–Kier alpha value is -2.47. The van der Waals surface area contributed by atoms with E-state index in [2.05, 4.69) is 10.6 Å². The van der Waals surface area contributed by atoms with Gasteiger partial charge in [0.05, 0.1) is 17.0 Å². The van der Waals surface area contributed by atoms with Crippen molar-refractivity contribution in [1.82, 2.24) is 0 Å². The first kappa shape index (κ1) is 17.0. The summed E-state index contributed by atoms with van der Waals surface area (Å²) < 4.78 is 5.85. The number of amides is 2. The predicted octanol–water partition coefficient (Wildman–Crippen LogP) is 4.66. The molecule has 1 fully saturated rings. The van der Waals surface area contributed by atoms with Crippen LogP contribution in [0.2, 0.25) is 0 Å². The van der Waals surface area contributed by atoms with E-state index in [0.29, 0.717) is 39.4 Å². The predicted molar refractivity (Wildman–Crippen MR) is 104 cm³/mol. The van der Waals surface area contributed by atoms with E-state index in [1.165, 1.54) is 25.7 Å². The van der Waals surface area contributed by atoms with Crippen LogP contribution in [0.25, 0.3) is 0 Å². The number of anilines is 2. The van der Waals surface area contributed by atoms with Gasteiger partial charge in [0.25, 0.3) is 5.91 Å². The zero-order chi connectivity index (χ0) is 17.9. The molecule has 2 aliphatic rings. The molecule has 6 heteroatoms. The number of thioether (sulfide) groups is 1. The van der Waals surface area contributed by atoms with Gasteiger partial charge in [-0.15, -0.1) is 11.8 Å². The molecule has 1 aliphatic carbocycles. The van der Waals surface area contributed by atoms with E-state index in [4.69, 9.17) is 4.74 Å². The molecule has 5 nitrogen and oxygen atoms in total. The molecular formula is C20H20N2O3S. The fourth-order valence-corrected chi connectivity index (χ4v) is 4.41. The number of para-hydroxylation sites is 2. The summed E-state index contributed by atoms with van der Waals surface area (Å²) in [5.74, 6) is 1.23. The van der Waals surface area contributed by atoms with E-state index in [0.717, 1.165) is 0 Å². The molecule has 0 atom stereocenters. The summed E-state index contributed by atoms with van der Waals surface area (Å²) in [6.07, 6.45) is 4.94. The van der Waals surface area contributed by atoms with Crippen LogP contribution in [0.5, 0.6) is 11.5 Å². The minimum absolute atomic E-state index is 0.0416. The molecule has 4 rings (SSSR count). The molecule has 134 valence electrons. The highest BCUT2D eigenvalue weighted by Gasteiger charge is 2.21. The standard InChI is InChI=1S/C20H20N2O3S/c23-19(12-26-14-5-1-2-6-14)21-13-9-10-17-15(11-13)20(24)22-16-7-3-4-8-18(16)25-17/h3-4,7-11,14H,1-2,5-6,12H2,(H,21,23)(H,22,24). The molecule has 2 N–H and O–H groups in total. The smallest absolute Gasteiger partial charge is 0.259 e. The van der Waals surface area contributed by atoms with E-state index < -0.39 is 0 Å². The van der Waals surface area contributed by atoms with Crippen molar-refractivity contribution < 1.29 is 14.3 Å². The number of benzene rings is 2. The topological polar surface area (TPSA) is 67.4 Å². The molecule has 0 aromatic heterocycles. The lowest BCUT2D eigenvalue weighted by Gasteiger charge is -2.11. The average Bonchev–Trinajstić information content (AvgIpc) is 3.11. The van der Waals surface area contributed by atoms with Crippen molar-refractivity contribution in [2.45, 2.75) is 30.9 Å². The first-order chi connectivity index (χ1) is 12.7. The summed E-state index contributed by atoms with van der Waals surface area (Å²) >= 11 is 1.72. The number of hydrogen-bond donors (Lipinski definition) is 2. The van der Waals surface area contributed by atoms with Gasteiger partial charge >= 0.3 is 0 Å². The number of ether oxygens (including phenoxy) is 1. The third-order valence-electron chi connectivity index (χ3n) is 4.62. The fourth-order valence-electron chi connectivity index (χ4n) is 3.29. The monoisotopic (exact) mass is 368 g/mol. The minimum atomic E-state index is -0.249. The summed E-state index contributed by atoms with van der Waals surface area (Å²) in [4.78, 5) is 24.7. The number of rotatable bonds is 4.